The highest BCUT2D eigenvalue weighted by Crippen LogP contribution is 2.20. The molecule has 0 fully saturated rings. The summed E-state index contributed by atoms with van der Waals surface area (Å²) < 4.78 is 0. The van der Waals surface area contributed by atoms with E-state index in [9.17, 15) is 0 Å². The van der Waals surface area contributed by atoms with Crippen LogP contribution in [0.1, 0.15) is 66.8 Å². The summed E-state index contributed by atoms with van der Waals surface area (Å²) >= 11 is 0. The fourth-order valence-electron chi connectivity index (χ4n) is 8.13. The molecule has 224 valence electrons. The smallest absolute Gasteiger partial charge is 0.328 e. The Bertz CT molecular complexity index is 1460. The van der Waals surface area contributed by atoms with E-state index in [1.807, 2.05) is 0 Å². The van der Waals surface area contributed by atoms with Crippen LogP contribution in [0.25, 0.3) is 0 Å². The van der Waals surface area contributed by atoms with Gasteiger partial charge in [-0.2, -0.15) is 0 Å². The molecule has 5 rings (SSSR count). The van der Waals surface area contributed by atoms with Crippen LogP contribution in [0.15, 0.2) is 73.3 Å². The molecule has 0 spiro atoms. The Morgan fingerprint density at radius 3 is 0.614 bits per heavy atom. The van der Waals surface area contributed by atoms with E-state index in [2.05, 4.69) is 166 Å². The van der Waals surface area contributed by atoms with Gasteiger partial charge in [-0.05, 0) is 105 Å². The number of benzene rings is 4. The lowest BCUT2D eigenvalue weighted by Crippen LogP contribution is -2.59. The lowest BCUT2D eigenvalue weighted by atomic mass is 9.44. The van der Waals surface area contributed by atoms with Crippen molar-refractivity contribution in [3.05, 3.63) is 140 Å². The first-order valence-corrected chi connectivity index (χ1v) is 16.0. The van der Waals surface area contributed by atoms with Gasteiger partial charge >= 0.3 is 13.7 Å². The van der Waals surface area contributed by atoms with E-state index in [1.165, 1.54) is 88.6 Å². The minimum Gasteiger partial charge on any atom is -0.387 e. The molecule has 4 heteroatoms. The van der Waals surface area contributed by atoms with Crippen molar-refractivity contribution in [1.82, 2.24) is 9.62 Å². The van der Waals surface area contributed by atoms with E-state index < -0.39 is 0 Å². The minimum absolute atomic E-state index is 0.0787. The minimum atomic E-state index is 0.0787. The zero-order valence-electron chi connectivity index (χ0n) is 29.0. The Morgan fingerprint density at radius 2 is 0.455 bits per heavy atom. The van der Waals surface area contributed by atoms with Crippen molar-refractivity contribution in [2.24, 2.45) is 0 Å². The molecule has 44 heavy (non-hydrogen) atoms. The quantitative estimate of drug-likeness (QED) is 0.231. The van der Waals surface area contributed by atoms with Gasteiger partial charge in [0.25, 0.3) is 0 Å². The van der Waals surface area contributed by atoms with Gasteiger partial charge in [0.05, 0.1) is 0 Å². The zero-order valence-corrected chi connectivity index (χ0v) is 29.0. The van der Waals surface area contributed by atoms with E-state index in [0.717, 1.165) is 0 Å². The van der Waals surface area contributed by atoms with Gasteiger partial charge < -0.3 is 9.62 Å². The first-order valence-electron chi connectivity index (χ1n) is 16.0. The molecule has 0 atom stereocenters. The van der Waals surface area contributed by atoms with Crippen LogP contribution in [0.4, 0.5) is 0 Å². The maximum atomic E-state index is 2.42. The molecule has 0 saturated carbocycles. The standard InChI is InChI=1S/C40H48B2N2/c1-25-17-29(5)37(30(6)18-25)41(38-31(7)19-26(2)20-32(38)8)43-13-15-44(16-14-43)42(39-33(9)21-27(3)22-34(39)10)40-35(11)23-28(4)24-36(40)12/h13-24H,1-12H3. The summed E-state index contributed by atoms with van der Waals surface area (Å²) in [7, 11) is 0. The van der Waals surface area contributed by atoms with Crippen molar-refractivity contribution >= 4 is 35.5 Å². The summed E-state index contributed by atoms with van der Waals surface area (Å²) in [5.41, 5.74) is 21.5. The van der Waals surface area contributed by atoms with Crippen molar-refractivity contribution in [2.45, 2.75) is 83.1 Å². The van der Waals surface area contributed by atoms with Crippen LogP contribution < -0.4 is 21.9 Å². The first kappa shape index (κ1) is 31.5. The molecule has 0 unspecified atom stereocenters. The van der Waals surface area contributed by atoms with Crippen molar-refractivity contribution in [3.8, 4) is 0 Å². The molecule has 1 heterocycles. The largest absolute Gasteiger partial charge is 0.387 e. The zero-order chi connectivity index (χ0) is 32.0. The summed E-state index contributed by atoms with van der Waals surface area (Å²) in [5.74, 6) is 0. The number of hydrogen-bond acceptors (Lipinski definition) is 2. The maximum absolute atomic E-state index is 2.42. The molecule has 4 aromatic rings. The highest BCUT2D eigenvalue weighted by molar-refractivity contribution is 6.85. The van der Waals surface area contributed by atoms with Crippen molar-refractivity contribution in [3.63, 3.8) is 0 Å². The molecule has 1 aliphatic heterocycles. The molecule has 4 aromatic carbocycles. The highest BCUT2D eigenvalue weighted by atomic mass is 15.1. The Morgan fingerprint density at radius 1 is 0.295 bits per heavy atom. The molecule has 0 saturated heterocycles. The van der Waals surface area contributed by atoms with Gasteiger partial charge in [0, 0.05) is 24.8 Å². The van der Waals surface area contributed by atoms with Crippen LogP contribution in [0.3, 0.4) is 0 Å². The maximum Gasteiger partial charge on any atom is 0.328 e. The monoisotopic (exact) mass is 578 g/mol. The van der Waals surface area contributed by atoms with Gasteiger partial charge in [-0.25, -0.2) is 0 Å². The molecule has 0 radical (unpaired) electrons. The summed E-state index contributed by atoms with van der Waals surface area (Å²) in [6, 6.07) is 18.7. The first-order chi connectivity index (χ1) is 20.8. The number of hydrogen-bond donors (Lipinski definition) is 0. The van der Waals surface area contributed by atoms with Crippen LogP contribution >= 0.6 is 0 Å². The average molecular weight is 578 g/mol. The second-order valence-electron chi connectivity index (χ2n) is 13.5. The summed E-state index contributed by atoms with van der Waals surface area (Å²) in [6.45, 7) is 27.1. The molecule has 0 N–H and O–H groups in total. The van der Waals surface area contributed by atoms with E-state index in [0.29, 0.717) is 0 Å². The summed E-state index contributed by atoms with van der Waals surface area (Å²) in [5, 5.41) is 0. The van der Waals surface area contributed by atoms with Crippen LogP contribution in [-0.4, -0.2) is 23.3 Å². The molecule has 0 amide bonds. The molecular weight excluding hydrogens is 530 g/mol. The van der Waals surface area contributed by atoms with Crippen LogP contribution in [0, 0.1) is 83.1 Å². The molecule has 0 aliphatic carbocycles. The second kappa shape index (κ2) is 12.2. The van der Waals surface area contributed by atoms with Crippen LogP contribution in [0.5, 0.6) is 0 Å². The summed E-state index contributed by atoms with van der Waals surface area (Å²) in [4.78, 5) is 4.85. The molecular formula is C40H48B2N2. The fourth-order valence-corrected chi connectivity index (χ4v) is 8.13. The highest BCUT2D eigenvalue weighted by Gasteiger charge is 2.35. The second-order valence-corrected chi connectivity index (χ2v) is 13.5. The van der Waals surface area contributed by atoms with Crippen molar-refractivity contribution in [2.75, 3.05) is 0 Å². The Balaban J connectivity index is 1.67. The topological polar surface area (TPSA) is 6.48 Å². The molecule has 0 bridgehead atoms. The third-order valence-electron chi connectivity index (χ3n) is 9.46. The van der Waals surface area contributed by atoms with Crippen molar-refractivity contribution in [1.29, 1.82) is 0 Å². The SMILES string of the molecule is Cc1cc(C)c(B(c2c(C)cc(C)cc2C)N2C=CN(B(c3c(C)cc(C)cc3C)c3c(C)cc(C)cc3C)C=C2)c(C)c1. The van der Waals surface area contributed by atoms with E-state index in [4.69, 9.17) is 0 Å². The number of aryl methyl sites for hydroxylation is 12. The van der Waals surface area contributed by atoms with Crippen LogP contribution in [-0.2, 0) is 0 Å². The Kier molecular flexibility index (Phi) is 8.76. The van der Waals surface area contributed by atoms with Gasteiger partial charge in [0.2, 0.25) is 0 Å². The predicted molar refractivity (Wildman–Crippen MR) is 195 cm³/mol. The number of nitrogens with zero attached hydrogens (tertiary/aromatic N) is 2. The normalized spacial score (nSPS) is 12.7. The Labute approximate surface area is 267 Å². The average Bonchev–Trinajstić information content (AvgIpc) is 2.89. The third kappa shape index (κ3) is 5.92. The Hall–Kier alpha value is -3.91. The van der Waals surface area contributed by atoms with Crippen LogP contribution in [0.2, 0.25) is 0 Å². The van der Waals surface area contributed by atoms with Gasteiger partial charge in [-0.3, -0.25) is 0 Å². The molecule has 2 nitrogen and oxygen atoms in total. The molecule has 1 aliphatic rings. The van der Waals surface area contributed by atoms with Gasteiger partial charge in [-0.15, -0.1) is 0 Å². The van der Waals surface area contributed by atoms with E-state index in [1.54, 1.807) is 0 Å². The predicted octanol–water partition coefficient (Wildman–Crippen LogP) is 6.86. The van der Waals surface area contributed by atoms with E-state index in [-0.39, 0.29) is 13.7 Å². The third-order valence-corrected chi connectivity index (χ3v) is 9.46. The lowest BCUT2D eigenvalue weighted by Gasteiger charge is -2.37. The fraction of sp³-hybridized carbons (Fsp3) is 0.300. The lowest BCUT2D eigenvalue weighted by molar-refractivity contribution is 0.672. The van der Waals surface area contributed by atoms with Gasteiger partial charge in [-0.1, -0.05) is 115 Å². The van der Waals surface area contributed by atoms with E-state index >= 15 is 0 Å². The van der Waals surface area contributed by atoms with Crippen molar-refractivity contribution < 1.29 is 0 Å². The van der Waals surface area contributed by atoms with Gasteiger partial charge in [0.1, 0.15) is 0 Å². The van der Waals surface area contributed by atoms with Gasteiger partial charge in [0.15, 0.2) is 0 Å². The summed E-state index contributed by atoms with van der Waals surface area (Å²) in [6.07, 6.45) is 9.19. The number of rotatable bonds is 6. The molecule has 0 aromatic heterocycles.